The van der Waals surface area contributed by atoms with E-state index in [-0.39, 0.29) is 0 Å². The first-order valence-corrected chi connectivity index (χ1v) is 12.5. The number of hydrogen-bond acceptors (Lipinski definition) is 7. The third-order valence-corrected chi connectivity index (χ3v) is 7.01. The molecule has 0 saturated heterocycles. The summed E-state index contributed by atoms with van der Waals surface area (Å²) in [6, 6.07) is 18.1. The van der Waals surface area contributed by atoms with E-state index in [4.69, 9.17) is 9.72 Å². The predicted octanol–water partition coefficient (Wildman–Crippen LogP) is 6.27. The number of nitrogens with zero attached hydrogens (tertiary/aromatic N) is 5. The molecule has 0 unspecified atom stereocenters. The van der Waals surface area contributed by atoms with Crippen LogP contribution < -0.4 is 4.74 Å². The summed E-state index contributed by atoms with van der Waals surface area (Å²) in [6.07, 6.45) is 8.91. The van der Waals surface area contributed by atoms with E-state index in [9.17, 15) is 0 Å². The van der Waals surface area contributed by atoms with Crippen LogP contribution in [0.15, 0.2) is 91.0 Å². The summed E-state index contributed by atoms with van der Waals surface area (Å²) in [5, 5.41) is 10.6. The van der Waals surface area contributed by atoms with Crippen LogP contribution in [0.1, 0.15) is 5.56 Å². The number of pyridine rings is 3. The van der Waals surface area contributed by atoms with E-state index in [1.165, 1.54) is 0 Å². The molecule has 9 heteroatoms. The lowest BCUT2D eigenvalue weighted by Gasteiger charge is -2.08. The third kappa shape index (κ3) is 4.01. The summed E-state index contributed by atoms with van der Waals surface area (Å²) >= 11 is 1.66. The molecule has 7 rings (SSSR count). The molecular formula is C28H19N7OS. The Morgan fingerprint density at radius 3 is 2.68 bits per heavy atom. The normalized spacial score (nSPS) is 11.4. The number of aromatic nitrogens is 7. The molecular weight excluding hydrogens is 482 g/mol. The van der Waals surface area contributed by atoms with Gasteiger partial charge in [0, 0.05) is 33.8 Å². The lowest BCUT2D eigenvalue weighted by Crippen LogP contribution is -1.96. The Balaban J connectivity index is 1.24. The lowest BCUT2D eigenvalue weighted by molar-refractivity contribution is 0.305. The highest BCUT2D eigenvalue weighted by Crippen LogP contribution is 2.33. The van der Waals surface area contributed by atoms with Gasteiger partial charge in [0.25, 0.3) is 0 Å². The zero-order chi connectivity index (χ0) is 24.6. The van der Waals surface area contributed by atoms with Gasteiger partial charge in [-0.3, -0.25) is 20.1 Å². The molecule has 1 aromatic carbocycles. The molecule has 8 nitrogen and oxygen atoms in total. The average Bonchev–Trinajstić information content (AvgIpc) is 3.71. The Kier molecular flexibility index (Phi) is 5.18. The van der Waals surface area contributed by atoms with Gasteiger partial charge in [0.05, 0.1) is 35.3 Å². The van der Waals surface area contributed by atoms with E-state index < -0.39 is 0 Å². The van der Waals surface area contributed by atoms with E-state index in [1.54, 1.807) is 36.1 Å². The van der Waals surface area contributed by atoms with Crippen molar-refractivity contribution < 1.29 is 4.74 Å². The molecule has 6 aromatic heterocycles. The van der Waals surface area contributed by atoms with Gasteiger partial charge in [-0.05, 0) is 29.1 Å². The molecule has 0 radical (unpaired) electrons. The molecule has 0 aliphatic rings. The molecule has 37 heavy (non-hydrogen) atoms. The van der Waals surface area contributed by atoms with Crippen LogP contribution in [0.3, 0.4) is 0 Å². The van der Waals surface area contributed by atoms with E-state index in [0.29, 0.717) is 18.2 Å². The summed E-state index contributed by atoms with van der Waals surface area (Å²) in [7, 11) is 0. The van der Waals surface area contributed by atoms with Crippen molar-refractivity contribution in [1.29, 1.82) is 0 Å². The highest BCUT2D eigenvalue weighted by Gasteiger charge is 2.17. The third-order valence-electron chi connectivity index (χ3n) is 6.11. The first-order chi connectivity index (χ1) is 18.3. The van der Waals surface area contributed by atoms with Gasteiger partial charge in [-0.15, -0.1) is 11.3 Å². The van der Waals surface area contributed by atoms with Crippen LogP contribution in [0.5, 0.6) is 5.75 Å². The highest BCUT2D eigenvalue weighted by atomic mass is 32.1. The molecule has 0 saturated carbocycles. The van der Waals surface area contributed by atoms with E-state index in [0.717, 1.165) is 54.9 Å². The second-order valence-corrected chi connectivity index (χ2v) is 9.46. The number of ether oxygens (including phenoxy) is 1. The number of nitrogens with one attached hydrogen (secondary N) is 2. The smallest absolute Gasteiger partial charge is 0.159 e. The van der Waals surface area contributed by atoms with Crippen molar-refractivity contribution in [2.24, 2.45) is 0 Å². The minimum atomic E-state index is 0.471. The summed E-state index contributed by atoms with van der Waals surface area (Å²) in [5.74, 6) is 1.35. The summed E-state index contributed by atoms with van der Waals surface area (Å²) in [6.45, 7) is 0.471. The number of benzene rings is 1. The molecule has 0 atom stereocenters. The first kappa shape index (κ1) is 21.4. The molecule has 0 spiro atoms. The Hall–Kier alpha value is -4.89. The summed E-state index contributed by atoms with van der Waals surface area (Å²) in [5.41, 5.74) is 6.98. The van der Waals surface area contributed by atoms with Crippen LogP contribution >= 0.6 is 11.3 Å². The van der Waals surface area contributed by atoms with E-state index in [1.807, 2.05) is 60.1 Å². The molecule has 2 N–H and O–H groups in total. The zero-order valence-corrected chi connectivity index (χ0v) is 20.2. The van der Waals surface area contributed by atoms with Crippen LogP contribution in [0.2, 0.25) is 0 Å². The van der Waals surface area contributed by atoms with Crippen LogP contribution in [0, 0.1) is 0 Å². The minimum Gasteiger partial charge on any atom is -0.487 e. The van der Waals surface area contributed by atoms with Gasteiger partial charge in [-0.1, -0.05) is 36.4 Å². The molecule has 6 heterocycles. The largest absolute Gasteiger partial charge is 0.487 e. The van der Waals surface area contributed by atoms with Crippen LogP contribution in [-0.4, -0.2) is 35.1 Å². The van der Waals surface area contributed by atoms with Crippen LogP contribution in [-0.2, 0) is 6.61 Å². The molecule has 7 aromatic rings. The standard InChI is InChI=1S/C28H19N7OS/c1-2-5-17(6-3-1)16-36-19-9-18(11-29-12-19)22-10-20-23(15-31-22)34-35-27(20)28-32-24-14-30-13-21(26(24)33-28)25-7-4-8-37-25/h1-15H,16H2,(H,32,33)(H,34,35). The fraction of sp³-hybridized carbons (Fsp3) is 0.0357. The van der Waals surface area contributed by atoms with Gasteiger partial charge in [-0.25, -0.2) is 4.98 Å². The second kappa shape index (κ2) is 8.96. The SMILES string of the molecule is c1ccc(COc2cncc(-c3cc4c(-c5nc6c(-c7cccs7)cncc6[nH]5)n[nH]c4cn3)c2)cc1. The fourth-order valence-corrected chi connectivity index (χ4v) is 5.03. The van der Waals surface area contributed by atoms with Crippen LogP contribution in [0.25, 0.3) is 55.2 Å². The second-order valence-electron chi connectivity index (χ2n) is 8.52. The van der Waals surface area contributed by atoms with Crippen molar-refractivity contribution in [3.8, 4) is 39.0 Å². The number of imidazole rings is 1. The number of aromatic amines is 2. The monoisotopic (exact) mass is 501 g/mol. The number of H-pyrrole nitrogens is 2. The minimum absolute atomic E-state index is 0.471. The summed E-state index contributed by atoms with van der Waals surface area (Å²) in [4.78, 5) is 22.8. The van der Waals surface area contributed by atoms with Gasteiger partial charge in [-0.2, -0.15) is 5.10 Å². The Morgan fingerprint density at radius 2 is 1.78 bits per heavy atom. The number of fused-ring (bicyclic) bond motifs is 2. The molecule has 178 valence electrons. The molecule has 0 aliphatic heterocycles. The van der Waals surface area contributed by atoms with E-state index >= 15 is 0 Å². The molecule has 0 amide bonds. The maximum absolute atomic E-state index is 5.97. The Labute approximate surface area is 215 Å². The van der Waals surface area contributed by atoms with Crippen molar-refractivity contribution in [3.05, 3.63) is 96.5 Å². The van der Waals surface area contributed by atoms with Crippen LogP contribution in [0.4, 0.5) is 0 Å². The lowest BCUT2D eigenvalue weighted by atomic mass is 10.1. The topological polar surface area (TPSA) is 105 Å². The number of rotatable bonds is 6. The number of thiophene rings is 1. The van der Waals surface area contributed by atoms with Crippen molar-refractivity contribution in [3.63, 3.8) is 0 Å². The predicted molar refractivity (Wildman–Crippen MR) is 144 cm³/mol. The number of hydrogen-bond donors (Lipinski definition) is 2. The molecule has 0 bridgehead atoms. The first-order valence-electron chi connectivity index (χ1n) is 11.7. The summed E-state index contributed by atoms with van der Waals surface area (Å²) < 4.78 is 5.97. The molecule has 0 fully saturated rings. The average molecular weight is 502 g/mol. The van der Waals surface area contributed by atoms with Crippen molar-refractivity contribution in [1.82, 2.24) is 35.1 Å². The molecule has 0 aliphatic carbocycles. The van der Waals surface area contributed by atoms with E-state index in [2.05, 4.69) is 36.2 Å². The highest BCUT2D eigenvalue weighted by molar-refractivity contribution is 7.13. The van der Waals surface area contributed by atoms with Gasteiger partial charge in [0.15, 0.2) is 5.82 Å². The van der Waals surface area contributed by atoms with Gasteiger partial charge in [0.2, 0.25) is 0 Å². The van der Waals surface area contributed by atoms with Gasteiger partial charge in [0.1, 0.15) is 23.6 Å². The maximum Gasteiger partial charge on any atom is 0.159 e. The maximum atomic E-state index is 5.97. The Bertz CT molecular complexity index is 1840. The Morgan fingerprint density at radius 1 is 0.865 bits per heavy atom. The zero-order valence-electron chi connectivity index (χ0n) is 19.4. The van der Waals surface area contributed by atoms with Crippen molar-refractivity contribution in [2.45, 2.75) is 6.61 Å². The van der Waals surface area contributed by atoms with Crippen molar-refractivity contribution >= 4 is 33.3 Å². The van der Waals surface area contributed by atoms with Gasteiger partial charge < -0.3 is 9.72 Å². The quantitative estimate of drug-likeness (QED) is 0.278. The van der Waals surface area contributed by atoms with Gasteiger partial charge >= 0.3 is 0 Å². The fourth-order valence-electron chi connectivity index (χ4n) is 4.29. The van der Waals surface area contributed by atoms with Crippen molar-refractivity contribution in [2.75, 3.05) is 0 Å².